The quantitative estimate of drug-likeness (QED) is 0.538. The monoisotopic (exact) mass is 396 g/mol. The summed E-state index contributed by atoms with van der Waals surface area (Å²) < 4.78 is 16.6. The predicted octanol–water partition coefficient (Wildman–Crippen LogP) is 1.53. The van der Waals surface area contributed by atoms with Gasteiger partial charge in [-0.2, -0.15) is 0 Å². The van der Waals surface area contributed by atoms with Crippen molar-refractivity contribution in [3.63, 3.8) is 0 Å². The highest BCUT2D eigenvalue weighted by molar-refractivity contribution is 5.85. The van der Waals surface area contributed by atoms with E-state index in [4.69, 9.17) is 0 Å². The number of hydrogen-bond acceptors (Lipinski definition) is 4. The Morgan fingerprint density at radius 2 is 1.97 bits per heavy atom. The van der Waals surface area contributed by atoms with Gasteiger partial charge < -0.3 is 9.97 Å². The number of aryl methyl sites for hydroxylation is 2. The molecule has 150 valence electrons. The van der Waals surface area contributed by atoms with Crippen LogP contribution in [0.2, 0.25) is 0 Å². The maximum absolute atomic E-state index is 14.2. The summed E-state index contributed by atoms with van der Waals surface area (Å²) in [6.45, 7) is 1.99. The molecule has 1 aromatic carbocycles. The van der Waals surface area contributed by atoms with E-state index in [1.165, 1.54) is 23.2 Å². The highest BCUT2D eigenvalue weighted by Gasteiger charge is 2.21. The highest BCUT2D eigenvalue weighted by atomic mass is 19.1. The first-order valence-corrected chi connectivity index (χ1v) is 9.59. The number of halogens is 1. The zero-order valence-electron chi connectivity index (χ0n) is 16.3. The number of imidazole rings is 1. The van der Waals surface area contributed by atoms with Gasteiger partial charge in [-0.1, -0.05) is 12.1 Å². The molecule has 0 radical (unpaired) electrons. The third-order valence-electron chi connectivity index (χ3n) is 5.78. The van der Waals surface area contributed by atoms with E-state index < -0.39 is 5.69 Å². The number of hydrogen-bond donors (Lipinski definition) is 2. The first-order valence-electron chi connectivity index (χ1n) is 9.59. The topological polar surface area (TPSA) is 91.7 Å². The van der Waals surface area contributed by atoms with Crippen LogP contribution in [0.25, 0.3) is 22.1 Å². The first kappa shape index (κ1) is 17.9. The van der Waals surface area contributed by atoms with Gasteiger partial charge in [0.25, 0.3) is 5.56 Å². The van der Waals surface area contributed by atoms with Gasteiger partial charge in [-0.25, -0.2) is 14.2 Å². The number of aromatic nitrogens is 5. The lowest BCUT2D eigenvalue weighted by Gasteiger charge is -2.18. The molecule has 2 N–H and O–H groups in total. The predicted molar refractivity (Wildman–Crippen MR) is 107 cm³/mol. The van der Waals surface area contributed by atoms with Gasteiger partial charge in [0, 0.05) is 31.7 Å². The van der Waals surface area contributed by atoms with Crippen LogP contribution in [0.3, 0.4) is 0 Å². The molecule has 0 bridgehead atoms. The minimum atomic E-state index is -0.403. The van der Waals surface area contributed by atoms with E-state index in [-0.39, 0.29) is 11.4 Å². The Morgan fingerprint density at radius 3 is 2.79 bits per heavy atom. The van der Waals surface area contributed by atoms with Crippen molar-refractivity contribution in [1.29, 1.82) is 0 Å². The molecular weight excluding hydrogens is 375 g/mol. The summed E-state index contributed by atoms with van der Waals surface area (Å²) >= 11 is 0. The highest BCUT2D eigenvalue weighted by Crippen LogP contribution is 2.29. The van der Waals surface area contributed by atoms with Crippen molar-refractivity contribution >= 4 is 22.1 Å². The Hall–Kier alpha value is -3.20. The summed E-state index contributed by atoms with van der Waals surface area (Å²) in [5.41, 5.74) is 2.64. The van der Waals surface area contributed by atoms with Crippen LogP contribution in [-0.2, 0) is 33.6 Å². The number of benzene rings is 1. The lowest BCUT2D eigenvalue weighted by Crippen LogP contribution is -2.36. The van der Waals surface area contributed by atoms with Gasteiger partial charge in [-0.05, 0) is 31.0 Å². The molecule has 0 amide bonds. The number of aromatic amines is 2. The number of para-hydroxylation sites is 1. The number of nitrogens with zero attached hydrogens (tertiary/aromatic N) is 4. The van der Waals surface area contributed by atoms with E-state index in [0.717, 1.165) is 35.0 Å². The maximum atomic E-state index is 14.2. The van der Waals surface area contributed by atoms with Gasteiger partial charge in [0.2, 0.25) is 0 Å². The summed E-state index contributed by atoms with van der Waals surface area (Å²) in [5, 5.41) is 0.948. The van der Waals surface area contributed by atoms with Crippen LogP contribution in [-0.4, -0.2) is 35.5 Å². The lowest BCUT2D eigenvalue weighted by molar-refractivity contribution is 0.253. The van der Waals surface area contributed by atoms with E-state index >= 15 is 0 Å². The number of H-pyrrole nitrogens is 2. The van der Waals surface area contributed by atoms with Crippen LogP contribution < -0.4 is 11.2 Å². The van der Waals surface area contributed by atoms with Gasteiger partial charge in [0.15, 0.2) is 5.65 Å². The van der Waals surface area contributed by atoms with Gasteiger partial charge >= 0.3 is 5.69 Å². The van der Waals surface area contributed by atoms with Crippen LogP contribution in [0.4, 0.5) is 4.39 Å². The maximum Gasteiger partial charge on any atom is 0.332 e. The molecule has 0 saturated carbocycles. The molecule has 1 aliphatic rings. The Bertz CT molecular complexity index is 1380. The second-order valence-corrected chi connectivity index (χ2v) is 7.65. The van der Waals surface area contributed by atoms with Crippen LogP contribution in [0.5, 0.6) is 0 Å². The molecule has 0 unspecified atom stereocenters. The minimum absolute atomic E-state index is 0.240. The Kier molecular flexibility index (Phi) is 3.95. The van der Waals surface area contributed by atoms with Crippen LogP contribution in [0, 0.1) is 5.82 Å². The fourth-order valence-corrected chi connectivity index (χ4v) is 4.29. The van der Waals surface area contributed by atoms with E-state index in [2.05, 4.69) is 19.9 Å². The summed E-state index contributed by atoms with van der Waals surface area (Å²) in [6, 6.07) is 5.17. The molecule has 0 aliphatic carbocycles. The fraction of sp³-hybridized carbons (Fsp3) is 0.350. The first-order chi connectivity index (χ1) is 13.9. The molecule has 9 heteroatoms. The van der Waals surface area contributed by atoms with Crippen LogP contribution in [0.15, 0.2) is 27.8 Å². The van der Waals surface area contributed by atoms with Crippen molar-refractivity contribution in [2.45, 2.75) is 25.9 Å². The normalized spacial score (nSPS) is 15.1. The molecule has 0 atom stereocenters. The van der Waals surface area contributed by atoms with Crippen molar-refractivity contribution in [2.24, 2.45) is 14.1 Å². The van der Waals surface area contributed by atoms with Crippen molar-refractivity contribution in [3.05, 3.63) is 61.9 Å². The molecule has 0 spiro atoms. The summed E-state index contributed by atoms with van der Waals surface area (Å²) in [5.74, 6) is 0.389. The molecule has 29 heavy (non-hydrogen) atoms. The summed E-state index contributed by atoms with van der Waals surface area (Å²) in [4.78, 5) is 37.5. The van der Waals surface area contributed by atoms with Gasteiger partial charge in [0.1, 0.15) is 17.2 Å². The number of nitrogens with one attached hydrogen (secondary N) is 2. The zero-order chi connectivity index (χ0) is 20.3. The molecule has 5 rings (SSSR count). The zero-order valence-corrected chi connectivity index (χ0v) is 16.3. The summed E-state index contributed by atoms with van der Waals surface area (Å²) in [6.07, 6.45) is 1.82. The fourth-order valence-electron chi connectivity index (χ4n) is 4.29. The van der Waals surface area contributed by atoms with E-state index in [1.54, 1.807) is 13.1 Å². The van der Waals surface area contributed by atoms with Gasteiger partial charge in [0.05, 0.1) is 12.1 Å². The van der Waals surface area contributed by atoms with Crippen LogP contribution >= 0.6 is 0 Å². The van der Waals surface area contributed by atoms with Crippen molar-refractivity contribution in [3.8, 4) is 0 Å². The third kappa shape index (κ3) is 2.72. The van der Waals surface area contributed by atoms with Crippen molar-refractivity contribution in [1.82, 2.24) is 29.0 Å². The minimum Gasteiger partial charge on any atom is -0.355 e. The molecule has 0 saturated heterocycles. The Morgan fingerprint density at radius 1 is 1.14 bits per heavy atom. The van der Waals surface area contributed by atoms with Crippen molar-refractivity contribution < 1.29 is 4.39 Å². The molecular formula is C20H21FN6O2. The molecule has 3 aromatic heterocycles. The molecule has 1 aliphatic heterocycles. The molecule has 0 fully saturated rings. The van der Waals surface area contributed by atoms with Crippen molar-refractivity contribution in [2.75, 3.05) is 6.54 Å². The largest absolute Gasteiger partial charge is 0.355 e. The second-order valence-electron chi connectivity index (χ2n) is 7.65. The van der Waals surface area contributed by atoms with E-state index in [0.29, 0.717) is 35.6 Å². The standard InChI is InChI=1S/C20H21FN6O2/c1-25-18-17(19(28)26(2)20(25)29)23-15(24-18)10-27-8-4-6-11-12-5-3-7-13(21)16(12)22-14(11)9-27/h3,5,7,22H,4,6,8-10H2,1-2H3,(H,23,24). The average molecular weight is 396 g/mol. The van der Waals surface area contributed by atoms with Gasteiger partial charge in [-0.15, -0.1) is 0 Å². The molecule has 4 heterocycles. The smallest absolute Gasteiger partial charge is 0.332 e. The third-order valence-corrected chi connectivity index (χ3v) is 5.78. The second kappa shape index (κ2) is 6.41. The lowest BCUT2D eigenvalue weighted by atomic mass is 10.1. The Balaban J connectivity index is 1.50. The van der Waals surface area contributed by atoms with Crippen LogP contribution in [0.1, 0.15) is 23.5 Å². The molecule has 4 aromatic rings. The van der Waals surface area contributed by atoms with E-state index in [1.807, 2.05) is 6.07 Å². The Labute approximate surface area is 164 Å². The number of rotatable bonds is 2. The number of fused-ring (bicyclic) bond motifs is 4. The van der Waals surface area contributed by atoms with E-state index in [9.17, 15) is 14.0 Å². The average Bonchev–Trinajstić information content (AvgIpc) is 3.21. The molecule has 8 nitrogen and oxygen atoms in total. The summed E-state index contributed by atoms with van der Waals surface area (Å²) in [7, 11) is 3.06. The van der Waals surface area contributed by atoms with Gasteiger partial charge in [-0.3, -0.25) is 18.8 Å². The SMILES string of the molecule is Cn1c(=O)c2[nH]c(CN3CCCc4c([nH]c5c(F)cccc45)C3)nc2n(C)c1=O.